The molecular weight excluding hydrogens is 380 g/mol. The minimum atomic E-state index is -4.74. The topological polar surface area (TPSA) is 89.5 Å². The lowest BCUT2D eigenvalue weighted by Gasteiger charge is -2.14. The van der Waals surface area contributed by atoms with Crippen LogP contribution in [0.4, 0.5) is 8.78 Å². The van der Waals surface area contributed by atoms with E-state index >= 15 is 0 Å². The quantitative estimate of drug-likeness (QED) is 0.726. The fourth-order valence-corrected chi connectivity index (χ4v) is 2.82. The number of rotatable bonds is 7. The van der Waals surface area contributed by atoms with Gasteiger partial charge in [0.25, 0.3) is 5.91 Å². The van der Waals surface area contributed by atoms with E-state index in [2.05, 4.69) is 5.32 Å². The molecule has 0 fully saturated rings. The van der Waals surface area contributed by atoms with Crippen molar-refractivity contribution in [3.05, 3.63) is 65.7 Å². The number of ether oxygens (including phenoxy) is 1. The summed E-state index contributed by atoms with van der Waals surface area (Å²) in [5.74, 6) is -4.94. The summed E-state index contributed by atoms with van der Waals surface area (Å²) < 4.78 is 52.7. The molecule has 2 rings (SSSR count). The van der Waals surface area contributed by atoms with Gasteiger partial charge in [0.2, 0.25) is 9.84 Å². The third-order valence-corrected chi connectivity index (χ3v) is 5.01. The zero-order valence-electron chi connectivity index (χ0n) is 14.3. The standard InChI is InChI=1S/C18H17F2NO5S/c1-12(16(22)21-11-13-5-3-2-4-6-13)26-17(23)14-7-9-15(10-8-14)27(24,25)18(19)20/h2-10,12,18H,11H2,1H3,(H,21,22)/t12-/m1/s1. The summed E-state index contributed by atoms with van der Waals surface area (Å²) in [5.41, 5.74) is 0.811. The highest BCUT2D eigenvalue weighted by molar-refractivity contribution is 7.91. The lowest BCUT2D eigenvalue weighted by Crippen LogP contribution is -2.35. The fourth-order valence-electron chi connectivity index (χ4n) is 2.09. The van der Waals surface area contributed by atoms with Crippen molar-refractivity contribution in [2.75, 3.05) is 0 Å². The van der Waals surface area contributed by atoms with Gasteiger partial charge in [-0.1, -0.05) is 30.3 Å². The van der Waals surface area contributed by atoms with Crippen LogP contribution in [0.2, 0.25) is 0 Å². The molecule has 144 valence electrons. The molecule has 1 amide bonds. The molecular formula is C18H17F2NO5S. The van der Waals surface area contributed by atoms with Gasteiger partial charge < -0.3 is 10.1 Å². The molecule has 0 unspecified atom stereocenters. The summed E-state index contributed by atoms with van der Waals surface area (Å²) in [4.78, 5) is 23.4. The first-order chi connectivity index (χ1) is 12.7. The van der Waals surface area contributed by atoms with Gasteiger partial charge in [0.05, 0.1) is 10.5 Å². The van der Waals surface area contributed by atoms with Crippen LogP contribution in [0.3, 0.4) is 0 Å². The molecule has 2 aromatic carbocycles. The molecule has 1 N–H and O–H groups in total. The highest BCUT2D eigenvalue weighted by Crippen LogP contribution is 2.19. The van der Waals surface area contributed by atoms with Crippen LogP contribution in [0.25, 0.3) is 0 Å². The van der Waals surface area contributed by atoms with E-state index in [9.17, 15) is 26.8 Å². The number of sulfone groups is 1. The summed E-state index contributed by atoms with van der Waals surface area (Å²) in [6.07, 6.45) is -1.09. The Balaban J connectivity index is 1.94. The molecule has 9 heteroatoms. The number of hydrogen-bond acceptors (Lipinski definition) is 5. The normalized spacial score (nSPS) is 12.4. The van der Waals surface area contributed by atoms with Crippen molar-refractivity contribution in [2.24, 2.45) is 0 Å². The average Bonchev–Trinajstić information content (AvgIpc) is 2.66. The summed E-state index contributed by atoms with van der Waals surface area (Å²) in [5, 5.41) is 2.62. The maximum Gasteiger partial charge on any atom is 0.341 e. The van der Waals surface area contributed by atoms with Gasteiger partial charge in [0.15, 0.2) is 6.10 Å². The van der Waals surface area contributed by atoms with Crippen LogP contribution >= 0.6 is 0 Å². The number of amides is 1. The smallest absolute Gasteiger partial charge is 0.341 e. The highest BCUT2D eigenvalue weighted by atomic mass is 32.2. The molecule has 0 radical (unpaired) electrons. The summed E-state index contributed by atoms with van der Waals surface area (Å²) in [6, 6.07) is 13.0. The molecule has 0 aliphatic rings. The monoisotopic (exact) mass is 397 g/mol. The number of hydrogen-bond donors (Lipinski definition) is 1. The second-order valence-electron chi connectivity index (χ2n) is 5.58. The Labute approximate surface area is 155 Å². The molecule has 0 aromatic heterocycles. The Morgan fingerprint density at radius 3 is 2.19 bits per heavy atom. The lowest BCUT2D eigenvalue weighted by atomic mass is 10.2. The molecule has 0 bridgehead atoms. The molecule has 0 saturated carbocycles. The summed E-state index contributed by atoms with van der Waals surface area (Å²) >= 11 is 0. The van der Waals surface area contributed by atoms with Gasteiger partial charge in [-0.3, -0.25) is 4.79 Å². The third-order valence-electron chi connectivity index (χ3n) is 3.62. The predicted molar refractivity (Wildman–Crippen MR) is 92.8 cm³/mol. The Hall–Kier alpha value is -2.81. The number of benzene rings is 2. The Kier molecular flexibility index (Phi) is 6.62. The van der Waals surface area contributed by atoms with Crippen molar-refractivity contribution in [2.45, 2.75) is 30.2 Å². The lowest BCUT2D eigenvalue weighted by molar-refractivity contribution is -0.129. The van der Waals surface area contributed by atoms with E-state index in [1.54, 1.807) is 0 Å². The molecule has 2 aromatic rings. The number of esters is 1. The van der Waals surface area contributed by atoms with Crippen molar-refractivity contribution in [3.8, 4) is 0 Å². The van der Waals surface area contributed by atoms with Crippen LogP contribution in [0.1, 0.15) is 22.8 Å². The van der Waals surface area contributed by atoms with Gasteiger partial charge in [0, 0.05) is 6.54 Å². The zero-order chi connectivity index (χ0) is 20.0. The maximum atomic E-state index is 12.5. The van der Waals surface area contributed by atoms with Gasteiger partial charge in [-0.25, -0.2) is 13.2 Å². The SMILES string of the molecule is C[C@@H](OC(=O)c1ccc(S(=O)(=O)C(F)F)cc1)C(=O)NCc1ccccc1. The van der Waals surface area contributed by atoms with Gasteiger partial charge in [-0.15, -0.1) is 0 Å². The number of halogens is 2. The van der Waals surface area contributed by atoms with Crippen molar-refractivity contribution in [1.29, 1.82) is 0 Å². The Morgan fingerprint density at radius 1 is 1.04 bits per heavy atom. The zero-order valence-corrected chi connectivity index (χ0v) is 15.1. The van der Waals surface area contributed by atoms with Gasteiger partial charge in [-0.2, -0.15) is 8.78 Å². The molecule has 6 nitrogen and oxygen atoms in total. The van der Waals surface area contributed by atoms with Crippen LogP contribution in [-0.2, 0) is 25.9 Å². The second-order valence-corrected chi connectivity index (χ2v) is 7.50. The molecule has 1 atom stereocenters. The average molecular weight is 397 g/mol. The van der Waals surface area contributed by atoms with Crippen LogP contribution in [-0.4, -0.2) is 32.2 Å². The number of nitrogens with one attached hydrogen (secondary N) is 1. The van der Waals surface area contributed by atoms with Gasteiger partial charge >= 0.3 is 11.7 Å². The van der Waals surface area contributed by atoms with E-state index in [-0.39, 0.29) is 12.1 Å². The van der Waals surface area contributed by atoms with E-state index in [0.717, 1.165) is 29.8 Å². The van der Waals surface area contributed by atoms with Crippen LogP contribution in [0.15, 0.2) is 59.5 Å². The largest absolute Gasteiger partial charge is 0.449 e. The van der Waals surface area contributed by atoms with E-state index in [4.69, 9.17) is 4.74 Å². The molecule has 0 aliphatic carbocycles. The fraction of sp³-hybridized carbons (Fsp3) is 0.222. The first kappa shape index (κ1) is 20.5. The maximum absolute atomic E-state index is 12.5. The minimum absolute atomic E-state index is 0.0640. The van der Waals surface area contributed by atoms with E-state index in [1.165, 1.54) is 6.92 Å². The summed E-state index contributed by atoms with van der Waals surface area (Å²) in [7, 11) is -4.74. The molecule has 0 saturated heterocycles. The first-order valence-corrected chi connectivity index (χ1v) is 9.41. The number of carbonyl (C=O) groups is 2. The summed E-state index contributed by atoms with van der Waals surface area (Å²) in [6.45, 7) is 1.65. The van der Waals surface area contributed by atoms with Gasteiger partial charge in [0.1, 0.15) is 0 Å². The van der Waals surface area contributed by atoms with E-state index < -0.39 is 38.5 Å². The second kappa shape index (κ2) is 8.72. The van der Waals surface area contributed by atoms with Crippen LogP contribution < -0.4 is 5.32 Å². The minimum Gasteiger partial charge on any atom is -0.449 e. The van der Waals surface area contributed by atoms with Crippen molar-refractivity contribution in [1.82, 2.24) is 5.32 Å². The van der Waals surface area contributed by atoms with Crippen LogP contribution in [0.5, 0.6) is 0 Å². The van der Waals surface area contributed by atoms with Crippen molar-refractivity contribution >= 4 is 21.7 Å². The Bertz CT molecular complexity index is 899. The first-order valence-electron chi connectivity index (χ1n) is 7.86. The van der Waals surface area contributed by atoms with Crippen molar-refractivity contribution in [3.63, 3.8) is 0 Å². The predicted octanol–water partition coefficient (Wildman–Crippen LogP) is 2.54. The highest BCUT2D eigenvalue weighted by Gasteiger charge is 2.27. The van der Waals surface area contributed by atoms with Crippen molar-refractivity contribution < 1.29 is 31.5 Å². The van der Waals surface area contributed by atoms with E-state index in [0.29, 0.717) is 0 Å². The van der Waals surface area contributed by atoms with Gasteiger partial charge in [-0.05, 0) is 36.8 Å². The molecule has 0 spiro atoms. The van der Waals surface area contributed by atoms with Crippen LogP contribution in [0, 0.1) is 0 Å². The third kappa shape index (κ3) is 5.33. The molecule has 27 heavy (non-hydrogen) atoms. The Morgan fingerprint density at radius 2 is 1.63 bits per heavy atom. The molecule has 0 aliphatic heterocycles. The van der Waals surface area contributed by atoms with E-state index in [1.807, 2.05) is 30.3 Å². The number of alkyl halides is 2. The molecule has 0 heterocycles. The number of carbonyl (C=O) groups excluding carboxylic acids is 2.